The summed E-state index contributed by atoms with van der Waals surface area (Å²) in [5, 5.41) is 2.73. The number of sulfone groups is 1. The molecule has 0 bridgehead atoms. The van der Waals surface area contributed by atoms with Crippen LogP contribution in [0.3, 0.4) is 0 Å². The Morgan fingerprint density at radius 3 is 2.52 bits per heavy atom. The monoisotopic (exact) mass is 492 g/mol. The summed E-state index contributed by atoms with van der Waals surface area (Å²) in [7, 11) is -6.96. The molecule has 2 saturated heterocycles. The molecule has 4 rings (SSSR count). The van der Waals surface area contributed by atoms with Gasteiger partial charge in [-0.15, -0.1) is 0 Å². The summed E-state index contributed by atoms with van der Waals surface area (Å²) >= 11 is 0. The average molecular weight is 493 g/mol. The minimum atomic E-state index is -3.72. The Labute approximate surface area is 194 Å². The third-order valence-corrected chi connectivity index (χ3v) is 9.64. The molecule has 1 atom stereocenters. The Kier molecular flexibility index (Phi) is 6.78. The number of hydrogen-bond donors (Lipinski definition) is 1. The number of sulfonamides is 1. The molecule has 2 heterocycles. The van der Waals surface area contributed by atoms with Gasteiger partial charge in [0.15, 0.2) is 15.6 Å². The van der Waals surface area contributed by atoms with E-state index in [0.29, 0.717) is 18.8 Å². The molecule has 2 aliphatic rings. The fraction of sp³-hybridized carbons (Fsp3) is 0.435. The van der Waals surface area contributed by atoms with Crippen molar-refractivity contribution >= 4 is 31.5 Å². The highest BCUT2D eigenvalue weighted by atomic mass is 32.2. The number of nitrogens with zero attached hydrogens (tertiary/aromatic N) is 1. The number of rotatable bonds is 6. The second kappa shape index (κ2) is 9.44. The number of carbonyl (C=O) groups excluding carboxylic acids is 1. The molecule has 178 valence electrons. The summed E-state index contributed by atoms with van der Waals surface area (Å²) < 4.78 is 57.4. The minimum Gasteiger partial charge on any atom is -0.455 e. The van der Waals surface area contributed by atoms with Crippen LogP contribution >= 0.6 is 0 Å². The first-order chi connectivity index (χ1) is 15.6. The van der Waals surface area contributed by atoms with Gasteiger partial charge in [-0.2, -0.15) is 4.31 Å². The van der Waals surface area contributed by atoms with Crippen molar-refractivity contribution in [2.75, 3.05) is 29.9 Å². The molecule has 1 unspecified atom stereocenters. The molecule has 33 heavy (non-hydrogen) atoms. The zero-order chi connectivity index (χ0) is 23.6. The molecule has 1 N–H and O–H groups in total. The van der Waals surface area contributed by atoms with Gasteiger partial charge in [0, 0.05) is 13.1 Å². The van der Waals surface area contributed by atoms with Crippen LogP contribution in [0, 0.1) is 12.8 Å². The van der Waals surface area contributed by atoms with Crippen LogP contribution in [0.2, 0.25) is 0 Å². The maximum Gasteiger partial charge on any atom is 0.243 e. The lowest BCUT2D eigenvalue weighted by Gasteiger charge is -2.26. The number of nitrogens with one attached hydrogen (secondary N) is 1. The van der Waals surface area contributed by atoms with E-state index >= 15 is 0 Å². The largest absolute Gasteiger partial charge is 0.455 e. The Morgan fingerprint density at radius 1 is 1.09 bits per heavy atom. The quantitative estimate of drug-likeness (QED) is 0.662. The number of carbonyl (C=O) groups is 1. The van der Waals surface area contributed by atoms with Crippen LogP contribution in [0.25, 0.3) is 0 Å². The zero-order valence-electron chi connectivity index (χ0n) is 18.5. The van der Waals surface area contributed by atoms with E-state index in [4.69, 9.17) is 4.74 Å². The molecular formula is C23H28N2O6S2. The summed E-state index contributed by atoms with van der Waals surface area (Å²) in [5.74, 6) is -0.547. The normalized spacial score (nSPS) is 20.9. The maximum absolute atomic E-state index is 13.2. The SMILES string of the molecule is Cc1cccc(Oc2ccc(S(=O)(=O)N3CCCCC3)cc2NC(=O)C2CCS(=O)(=O)C2)c1. The van der Waals surface area contributed by atoms with Gasteiger partial charge in [0.2, 0.25) is 15.9 Å². The van der Waals surface area contributed by atoms with Crippen molar-refractivity contribution in [2.45, 2.75) is 37.5 Å². The predicted molar refractivity (Wildman–Crippen MR) is 126 cm³/mol. The molecule has 0 aliphatic carbocycles. The number of amides is 1. The molecule has 10 heteroatoms. The minimum absolute atomic E-state index is 0.0267. The van der Waals surface area contributed by atoms with Crippen LogP contribution in [0.4, 0.5) is 5.69 Å². The summed E-state index contributed by atoms with van der Waals surface area (Å²) in [6.45, 7) is 2.85. The van der Waals surface area contributed by atoms with Gasteiger partial charge in [0.25, 0.3) is 0 Å². The number of ether oxygens (including phenoxy) is 1. The van der Waals surface area contributed by atoms with Crippen molar-refractivity contribution < 1.29 is 26.4 Å². The van der Waals surface area contributed by atoms with Gasteiger partial charge in [-0.1, -0.05) is 18.6 Å². The Balaban J connectivity index is 1.66. The van der Waals surface area contributed by atoms with Gasteiger partial charge in [0.1, 0.15) is 5.75 Å². The number of anilines is 1. The second-order valence-corrected chi connectivity index (χ2v) is 12.8. The van der Waals surface area contributed by atoms with Crippen LogP contribution in [-0.4, -0.2) is 51.6 Å². The summed E-state index contributed by atoms with van der Waals surface area (Å²) in [4.78, 5) is 12.9. The number of benzene rings is 2. The van der Waals surface area contributed by atoms with Gasteiger partial charge in [-0.3, -0.25) is 4.79 Å². The fourth-order valence-corrected chi connectivity index (χ4v) is 7.44. The van der Waals surface area contributed by atoms with E-state index in [1.165, 1.54) is 22.5 Å². The molecule has 2 aromatic carbocycles. The van der Waals surface area contributed by atoms with Gasteiger partial charge in [-0.25, -0.2) is 16.8 Å². The Bertz CT molecular complexity index is 1250. The molecule has 2 aliphatic heterocycles. The van der Waals surface area contributed by atoms with Crippen LogP contribution in [0.5, 0.6) is 11.5 Å². The van der Waals surface area contributed by atoms with Crippen molar-refractivity contribution in [2.24, 2.45) is 5.92 Å². The molecular weight excluding hydrogens is 464 g/mol. The predicted octanol–water partition coefficient (Wildman–Crippen LogP) is 3.34. The first kappa shape index (κ1) is 23.7. The van der Waals surface area contributed by atoms with Gasteiger partial charge < -0.3 is 10.1 Å². The highest BCUT2D eigenvalue weighted by Gasteiger charge is 2.34. The number of aryl methyl sites for hydroxylation is 1. The van der Waals surface area contributed by atoms with Crippen molar-refractivity contribution in [3.8, 4) is 11.5 Å². The molecule has 2 fully saturated rings. The van der Waals surface area contributed by atoms with E-state index in [9.17, 15) is 21.6 Å². The maximum atomic E-state index is 13.2. The third-order valence-electron chi connectivity index (χ3n) is 5.98. The Hall–Kier alpha value is -2.43. The topological polar surface area (TPSA) is 110 Å². The van der Waals surface area contributed by atoms with Crippen LogP contribution < -0.4 is 10.1 Å². The van der Waals surface area contributed by atoms with Gasteiger partial charge in [-0.05, 0) is 62.1 Å². The Morgan fingerprint density at radius 2 is 1.85 bits per heavy atom. The smallest absolute Gasteiger partial charge is 0.243 e. The van der Waals surface area contributed by atoms with Crippen molar-refractivity contribution in [1.29, 1.82) is 0 Å². The molecule has 1 amide bonds. The van der Waals surface area contributed by atoms with Crippen LogP contribution in [0.15, 0.2) is 47.4 Å². The number of piperidine rings is 1. The van der Waals surface area contributed by atoms with Crippen LogP contribution in [0.1, 0.15) is 31.2 Å². The van der Waals surface area contributed by atoms with E-state index in [2.05, 4.69) is 5.32 Å². The third kappa shape index (κ3) is 5.56. The van der Waals surface area contributed by atoms with Crippen molar-refractivity contribution in [3.05, 3.63) is 48.0 Å². The molecule has 0 aromatic heterocycles. The van der Waals surface area contributed by atoms with Crippen LogP contribution in [-0.2, 0) is 24.7 Å². The van der Waals surface area contributed by atoms with E-state index in [-0.39, 0.29) is 34.3 Å². The van der Waals surface area contributed by atoms with E-state index in [0.717, 1.165) is 24.8 Å². The first-order valence-corrected chi connectivity index (χ1v) is 14.3. The molecule has 2 aromatic rings. The molecule has 0 saturated carbocycles. The second-order valence-electron chi connectivity index (χ2n) is 8.63. The van der Waals surface area contributed by atoms with Gasteiger partial charge >= 0.3 is 0 Å². The standard InChI is InChI=1S/C23H28N2O6S2/c1-17-6-5-7-19(14-17)31-22-9-8-20(33(29,30)25-11-3-2-4-12-25)15-21(22)24-23(26)18-10-13-32(27,28)16-18/h5-9,14-15,18H,2-4,10-13,16H2,1H3,(H,24,26). The average Bonchev–Trinajstić information content (AvgIpc) is 3.15. The fourth-order valence-electron chi connectivity index (χ4n) is 4.15. The molecule has 0 radical (unpaired) electrons. The first-order valence-electron chi connectivity index (χ1n) is 11.0. The lowest BCUT2D eigenvalue weighted by atomic mass is 10.1. The lowest BCUT2D eigenvalue weighted by Crippen LogP contribution is -2.35. The van der Waals surface area contributed by atoms with Gasteiger partial charge in [0.05, 0.1) is 28.0 Å². The zero-order valence-corrected chi connectivity index (χ0v) is 20.1. The van der Waals surface area contributed by atoms with E-state index in [1.807, 2.05) is 25.1 Å². The van der Waals surface area contributed by atoms with E-state index in [1.54, 1.807) is 6.07 Å². The summed E-state index contributed by atoms with van der Waals surface area (Å²) in [6, 6.07) is 11.8. The summed E-state index contributed by atoms with van der Waals surface area (Å²) in [5.41, 5.74) is 1.18. The van der Waals surface area contributed by atoms with Crippen molar-refractivity contribution in [1.82, 2.24) is 4.31 Å². The highest BCUT2D eigenvalue weighted by Crippen LogP contribution is 2.34. The van der Waals surface area contributed by atoms with Crippen molar-refractivity contribution in [3.63, 3.8) is 0 Å². The molecule has 0 spiro atoms. The van der Waals surface area contributed by atoms with E-state index < -0.39 is 31.7 Å². The highest BCUT2D eigenvalue weighted by molar-refractivity contribution is 7.91. The summed E-state index contributed by atoms with van der Waals surface area (Å²) in [6.07, 6.45) is 2.87. The molecule has 8 nitrogen and oxygen atoms in total. The number of hydrogen-bond acceptors (Lipinski definition) is 6. The lowest BCUT2D eigenvalue weighted by molar-refractivity contribution is -0.119.